The van der Waals surface area contributed by atoms with E-state index in [2.05, 4.69) is 232 Å². The molecule has 10 heteroatoms. The Bertz CT molecular complexity index is 3640. The van der Waals surface area contributed by atoms with E-state index in [1.165, 1.54) is 180 Å². The summed E-state index contributed by atoms with van der Waals surface area (Å²) in [7, 11) is 0. The Labute approximate surface area is 705 Å². The maximum Gasteiger partial charge on any atom is 0.205 e. The van der Waals surface area contributed by atoms with E-state index < -0.39 is 0 Å². The zero-order valence-electron chi connectivity index (χ0n) is 75.1. The highest BCUT2D eigenvalue weighted by atomic mass is 16.7. The molecular formula is C106H156O10. The van der Waals surface area contributed by atoms with Gasteiger partial charge in [-0.25, -0.2) is 0 Å². The molecule has 7 aromatic carbocycles. The fraction of sp³-hybridized carbons (Fsp3) is 0.604. The van der Waals surface area contributed by atoms with Gasteiger partial charge in [0.2, 0.25) is 12.6 Å². The average Bonchev–Trinajstić information content (AvgIpc) is 1.60. The maximum absolute atomic E-state index is 9.01. The molecule has 2 bridgehead atoms. The Morgan fingerprint density at radius 3 is 1.19 bits per heavy atom. The molecule has 0 radical (unpaired) electrons. The minimum atomic E-state index is -0.168. The van der Waals surface area contributed by atoms with Crippen LogP contribution in [0.2, 0.25) is 0 Å². The van der Waals surface area contributed by atoms with Crippen LogP contribution >= 0.6 is 0 Å². The van der Waals surface area contributed by atoms with Gasteiger partial charge in [-0.15, -0.1) is 0 Å². The molecule has 6 aliphatic rings. The van der Waals surface area contributed by atoms with Crippen molar-refractivity contribution in [2.24, 2.45) is 40.9 Å². The van der Waals surface area contributed by atoms with E-state index in [9.17, 15) is 0 Å². The van der Waals surface area contributed by atoms with Crippen molar-refractivity contribution in [2.45, 2.75) is 364 Å². The van der Waals surface area contributed by atoms with Crippen molar-refractivity contribution in [3.63, 3.8) is 0 Å². The van der Waals surface area contributed by atoms with E-state index >= 15 is 0 Å². The van der Waals surface area contributed by atoms with Gasteiger partial charge in [0.25, 0.3) is 0 Å². The van der Waals surface area contributed by atoms with Gasteiger partial charge in [0.05, 0.1) is 25.4 Å². The minimum Gasteiger partial charge on any atom is -0.508 e. The first-order valence-electron chi connectivity index (χ1n) is 46.2. The van der Waals surface area contributed by atoms with E-state index in [1.54, 1.807) is 24.3 Å². The molecule has 0 saturated heterocycles. The van der Waals surface area contributed by atoms with Crippen LogP contribution in [0.15, 0.2) is 176 Å². The van der Waals surface area contributed by atoms with Crippen LogP contribution in [0.25, 0.3) is 0 Å². The largest absolute Gasteiger partial charge is 0.508 e. The van der Waals surface area contributed by atoms with Crippen LogP contribution in [0.5, 0.6) is 34.5 Å². The van der Waals surface area contributed by atoms with Crippen LogP contribution < -0.4 is 18.9 Å². The highest BCUT2D eigenvalue weighted by Gasteiger charge is 2.54. The number of fused-ring (bicyclic) bond motifs is 5. The Kier molecular flexibility index (Phi) is 41.0. The number of phenolic OH excluding ortho intramolecular Hbond substituents is 2. The predicted molar refractivity (Wildman–Crippen MR) is 483 cm³/mol. The number of benzene rings is 7. The fourth-order valence-electron chi connectivity index (χ4n) is 17.9. The number of aromatic hydroxyl groups is 2. The zero-order chi connectivity index (χ0) is 83.4. The van der Waals surface area contributed by atoms with Crippen LogP contribution in [0.3, 0.4) is 0 Å². The molecule has 13 rings (SSSR count). The Morgan fingerprint density at radius 2 is 0.759 bits per heavy atom. The summed E-state index contributed by atoms with van der Waals surface area (Å²) in [4.78, 5) is 0. The smallest absolute Gasteiger partial charge is 0.205 e. The number of rotatable bonds is 33. The molecule has 0 aliphatic heterocycles. The summed E-state index contributed by atoms with van der Waals surface area (Å²) in [6.07, 6.45) is 33.4. The molecule has 0 spiro atoms. The first-order chi connectivity index (χ1) is 56.0. The standard InChI is InChI=1S/C23H30O2.C22H32O2.C21H34O2.C20H32O2.2C10H14O/c1-3-18(2)20-13-15-22(16-14-20)25-23(21-11-7-8-12-21)24-17-19-9-5-4-6-10-19;1-4-14(2)16-8-10-18(11-9-16)23-15(3)24-22-13-17-12-21(22)20-7-5-6-19(17)20;1-6-17(4)18-10-12-19(13-11-18)23-20(22-16(2)3)21(5)14-8-7-9-15-21;1-4-16(2)19-10-12-20(13-11-19)22-17(3)21-15-14-18-8-6-5-7-9-18;2*1-3-8(2)9-4-6-10(11)7-5-9/h4-6,9-10,13-16,18,21,23H,3,7-8,11-12,17H2,1-2H3;8-11,14-15,17,19-22H,4-7,12-13H2,1-3H3;10-13,16-17,20H,6-9,14-15H2,1-5H3;10-13,16-18H,4-9,14-15H2,1-3H3;2*4-8,11H,3H2,1-2H3. The number of ether oxygens (including phenoxy) is 8. The van der Waals surface area contributed by atoms with E-state index in [1.807, 2.05) is 37.3 Å². The van der Waals surface area contributed by atoms with Gasteiger partial charge in [-0.3, -0.25) is 0 Å². The molecule has 0 heterocycles. The van der Waals surface area contributed by atoms with Crippen LogP contribution in [0, 0.1) is 40.9 Å². The van der Waals surface area contributed by atoms with Crippen molar-refractivity contribution in [3.8, 4) is 34.5 Å². The minimum absolute atomic E-state index is 0.123. The maximum atomic E-state index is 9.01. The lowest BCUT2D eigenvalue weighted by Gasteiger charge is -2.40. The van der Waals surface area contributed by atoms with E-state index in [0.29, 0.717) is 65.6 Å². The van der Waals surface area contributed by atoms with Crippen molar-refractivity contribution in [3.05, 3.63) is 215 Å². The zero-order valence-corrected chi connectivity index (χ0v) is 75.1. The Hall–Kier alpha value is -6.82. The van der Waals surface area contributed by atoms with Crippen molar-refractivity contribution in [1.29, 1.82) is 0 Å². The first kappa shape index (κ1) is 94.7. The van der Waals surface area contributed by atoms with Crippen molar-refractivity contribution < 1.29 is 48.1 Å². The summed E-state index contributed by atoms with van der Waals surface area (Å²) >= 11 is 0. The molecule has 0 aromatic heterocycles. The van der Waals surface area contributed by atoms with Crippen molar-refractivity contribution >= 4 is 0 Å². The molecule has 640 valence electrons. The van der Waals surface area contributed by atoms with Crippen LogP contribution in [-0.2, 0) is 25.6 Å². The van der Waals surface area contributed by atoms with Crippen molar-refractivity contribution in [2.75, 3.05) is 6.61 Å². The van der Waals surface area contributed by atoms with Gasteiger partial charge in [0.15, 0.2) is 12.6 Å². The quantitative estimate of drug-likeness (QED) is 0.0386. The summed E-state index contributed by atoms with van der Waals surface area (Å²) in [6, 6.07) is 59.4. The molecule has 15 atom stereocenters. The number of hydrogen-bond acceptors (Lipinski definition) is 10. The van der Waals surface area contributed by atoms with E-state index in [0.717, 1.165) is 84.9 Å². The molecule has 7 aromatic rings. The monoisotopic (exact) mass is 1590 g/mol. The molecule has 116 heavy (non-hydrogen) atoms. The van der Waals surface area contributed by atoms with Crippen LogP contribution in [0.4, 0.5) is 0 Å². The average molecular weight is 1590 g/mol. The predicted octanol–water partition coefficient (Wildman–Crippen LogP) is 30.1. The van der Waals surface area contributed by atoms with Gasteiger partial charge in [0, 0.05) is 11.3 Å². The van der Waals surface area contributed by atoms with Gasteiger partial charge in [-0.05, 0) is 301 Å². The normalized spacial score (nSPS) is 21.3. The third kappa shape index (κ3) is 31.1. The van der Waals surface area contributed by atoms with Gasteiger partial charge in [0.1, 0.15) is 34.5 Å². The SMILES string of the molecule is CCC(C)c1ccc(O)cc1.CCC(C)c1ccc(O)cc1.CCC(C)c1ccc(OC(C)OC2CC3CC2C2CCCC32)cc1.CCC(C)c1ccc(OC(C)OCCC2CCCCC2)cc1.CCC(C)c1ccc(OC(OC(C)C)C2(C)CCCCC2)cc1.CCC(C)c1ccc(OC(OCc2ccccc2)C2CCCC2)cc1. The Balaban J connectivity index is 0.000000178. The molecule has 6 fully saturated rings. The highest BCUT2D eigenvalue weighted by molar-refractivity contribution is 5.34. The van der Waals surface area contributed by atoms with E-state index in [4.69, 9.17) is 48.1 Å². The molecule has 15 unspecified atom stereocenters. The second-order valence-corrected chi connectivity index (χ2v) is 35.9. The molecular weight excluding hydrogens is 1430 g/mol. The lowest BCUT2D eigenvalue weighted by atomic mass is 9.75. The van der Waals surface area contributed by atoms with Crippen LogP contribution in [0.1, 0.15) is 359 Å². The lowest BCUT2D eigenvalue weighted by molar-refractivity contribution is -0.182. The van der Waals surface area contributed by atoms with Gasteiger partial charge >= 0.3 is 0 Å². The summed E-state index contributed by atoms with van der Waals surface area (Å²) in [6.45, 7) is 38.6. The number of phenols is 2. The topological polar surface area (TPSA) is 114 Å². The van der Waals surface area contributed by atoms with Crippen LogP contribution in [-0.4, -0.2) is 54.2 Å². The molecule has 10 nitrogen and oxygen atoms in total. The van der Waals surface area contributed by atoms with E-state index in [-0.39, 0.29) is 36.7 Å². The van der Waals surface area contributed by atoms with Gasteiger partial charge in [-0.1, -0.05) is 264 Å². The lowest BCUT2D eigenvalue weighted by Crippen LogP contribution is -2.42. The van der Waals surface area contributed by atoms with Gasteiger partial charge < -0.3 is 48.1 Å². The second kappa shape index (κ2) is 50.3. The molecule has 2 N–H and O–H groups in total. The summed E-state index contributed by atoms with van der Waals surface area (Å²) in [5.41, 5.74) is 9.43. The fourth-order valence-corrected chi connectivity index (χ4v) is 17.9. The summed E-state index contributed by atoms with van der Waals surface area (Å²) in [5.74, 6) is 13.1. The third-order valence-corrected chi connectivity index (χ3v) is 26.8. The molecule has 6 aliphatic carbocycles. The second-order valence-electron chi connectivity index (χ2n) is 35.9. The highest BCUT2D eigenvalue weighted by Crippen LogP contribution is 2.59. The third-order valence-electron chi connectivity index (χ3n) is 26.8. The number of hydrogen-bond donors (Lipinski definition) is 2. The summed E-state index contributed by atoms with van der Waals surface area (Å²) in [5, 5.41) is 18.0. The van der Waals surface area contributed by atoms with Gasteiger partial charge in [-0.2, -0.15) is 0 Å². The van der Waals surface area contributed by atoms with Crippen molar-refractivity contribution in [1.82, 2.24) is 0 Å². The molecule has 0 amide bonds. The molecule has 6 saturated carbocycles. The Morgan fingerprint density at radius 1 is 0.371 bits per heavy atom. The summed E-state index contributed by atoms with van der Waals surface area (Å²) < 4.78 is 49.0. The first-order valence-corrected chi connectivity index (χ1v) is 46.2.